The highest BCUT2D eigenvalue weighted by molar-refractivity contribution is 6.45. The van der Waals surface area contributed by atoms with Gasteiger partial charge >= 0.3 is 5.97 Å². The van der Waals surface area contributed by atoms with Crippen LogP contribution in [0.3, 0.4) is 0 Å². The number of carbonyl (C=O) groups excluding carboxylic acids is 1. The third kappa shape index (κ3) is 3.36. The van der Waals surface area contributed by atoms with Gasteiger partial charge in [0.05, 0.1) is 18.0 Å². The molecule has 2 aromatic rings. The van der Waals surface area contributed by atoms with Crippen molar-refractivity contribution in [3.05, 3.63) is 58.2 Å². The number of fused-ring (bicyclic) bond motifs is 1. The second kappa shape index (κ2) is 6.93. The molecule has 1 aliphatic rings. The van der Waals surface area contributed by atoms with Gasteiger partial charge in [-0.2, -0.15) is 0 Å². The van der Waals surface area contributed by atoms with E-state index >= 15 is 0 Å². The van der Waals surface area contributed by atoms with Gasteiger partial charge in [0, 0.05) is 19.2 Å². The fourth-order valence-corrected chi connectivity index (χ4v) is 3.02. The summed E-state index contributed by atoms with van der Waals surface area (Å²) in [6.07, 6.45) is 5.64. The molecule has 24 heavy (non-hydrogen) atoms. The van der Waals surface area contributed by atoms with Crippen LogP contribution in [-0.2, 0) is 11.3 Å². The normalized spacial score (nSPS) is 19.9. The van der Waals surface area contributed by atoms with Crippen molar-refractivity contribution in [2.24, 2.45) is 10.7 Å². The van der Waals surface area contributed by atoms with Gasteiger partial charge in [-0.05, 0) is 35.4 Å². The number of ether oxygens (including phenoxy) is 1. The van der Waals surface area contributed by atoms with Crippen LogP contribution < -0.4 is 16.3 Å². The van der Waals surface area contributed by atoms with Gasteiger partial charge in [-0.25, -0.2) is 9.79 Å². The highest BCUT2D eigenvalue weighted by Gasteiger charge is 2.08. The predicted octanol–water partition coefficient (Wildman–Crippen LogP) is 1.56. The van der Waals surface area contributed by atoms with Crippen LogP contribution in [-0.4, -0.2) is 23.5 Å². The molecule has 5 nitrogen and oxygen atoms in total. The van der Waals surface area contributed by atoms with Crippen molar-refractivity contribution in [2.45, 2.75) is 19.4 Å². The first-order valence-electron chi connectivity index (χ1n) is 7.64. The molecule has 0 aliphatic carbocycles. The molecule has 0 fully saturated rings. The lowest BCUT2D eigenvalue weighted by molar-refractivity contribution is 0.0600. The van der Waals surface area contributed by atoms with E-state index in [1.54, 1.807) is 12.1 Å². The second-order valence-corrected chi connectivity index (χ2v) is 5.93. The molecule has 1 aromatic carbocycles. The van der Waals surface area contributed by atoms with Gasteiger partial charge in [0.25, 0.3) is 0 Å². The zero-order valence-corrected chi connectivity index (χ0v) is 14.1. The van der Waals surface area contributed by atoms with Crippen molar-refractivity contribution in [3.8, 4) is 0 Å². The molecule has 0 saturated heterocycles. The van der Waals surface area contributed by atoms with E-state index in [0.29, 0.717) is 29.5 Å². The number of nitrogens with two attached hydrogens (primary N) is 1. The lowest BCUT2D eigenvalue weighted by Crippen LogP contribution is -2.32. The van der Waals surface area contributed by atoms with Crippen molar-refractivity contribution in [1.82, 2.24) is 4.57 Å². The second-order valence-electron chi connectivity index (χ2n) is 5.57. The summed E-state index contributed by atoms with van der Waals surface area (Å²) in [5, 5.41) is 2.31. The van der Waals surface area contributed by atoms with Crippen LogP contribution in [0.4, 0.5) is 0 Å². The van der Waals surface area contributed by atoms with Crippen LogP contribution in [0.2, 0.25) is 0 Å². The Balaban J connectivity index is 1.97. The topological polar surface area (TPSA) is 69.6 Å². The molecule has 0 bridgehead atoms. The Morgan fingerprint density at radius 2 is 2.08 bits per heavy atom. The first-order chi connectivity index (χ1) is 11.6. The number of amidine groups is 1. The first kappa shape index (κ1) is 16.3. The Hall–Kier alpha value is -2.53. The van der Waals surface area contributed by atoms with Gasteiger partial charge in [-0.15, -0.1) is 0 Å². The van der Waals surface area contributed by atoms with Crippen LogP contribution in [0, 0.1) is 0 Å². The number of carbonyl (C=O) groups is 1. The van der Waals surface area contributed by atoms with Crippen molar-refractivity contribution in [1.29, 1.82) is 0 Å². The van der Waals surface area contributed by atoms with Crippen molar-refractivity contribution < 1.29 is 9.53 Å². The number of hydrogen-bond donors (Lipinski definition) is 1. The molecule has 0 saturated carbocycles. The average molecular weight is 344 g/mol. The summed E-state index contributed by atoms with van der Waals surface area (Å²) in [6, 6.07) is 9.33. The lowest BCUT2D eigenvalue weighted by atomic mass is 10.1. The number of nitrogens with zero attached hydrogens (tertiary/aromatic N) is 2. The zero-order chi connectivity index (χ0) is 17.1. The van der Waals surface area contributed by atoms with E-state index in [-0.39, 0.29) is 5.97 Å². The van der Waals surface area contributed by atoms with Gasteiger partial charge in [-0.3, -0.25) is 0 Å². The average Bonchev–Trinajstić information content (AvgIpc) is 2.95. The van der Waals surface area contributed by atoms with Crippen LogP contribution in [0.5, 0.6) is 0 Å². The Labute approximate surface area is 144 Å². The molecule has 1 aromatic heterocycles. The van der Waals surface area contributed by atoms with E-state index in [1.807, 2.05) is 29.0 Å². The number of rotatable bonds is 3. The van der Waals surface area contributed by atoms with Crippen LogP contribution in [0.1, 0.15) is 28.8 Å². The minimum Gasteiger partial charge on any atom is -0.465 e. The van der Waals surface area contributed by atoms with Gasteiger partial charge < -0.3 is 15.0 Å². The molecule has 0 spiro atoms. The molecule has 0 unspecified atom stereocenters. The molecule has 2 heterocycles. The van der Waals surface area contributed by atoms with Gasteiger partial charge in [0.2, 0.25) is 0 Å². The predicted molar refractivity (Wildman–Crippen MR) is 95.1 cm³/mol. The van der Waals surface area contributed by atoms with E-state index in [4.69, 9.17) is 22.1 Å². The highest BCUT2D eigenvalue weighted by atomic mass is 35.5. The Bertz CT molecular complexity index is 911. The quantitative estimate of drug-likeness (QED) is 0.679. The minimum absolute atomic E-state index is 0.344. The van der Waals surface area contributed by atoms with Crippen molar-refractivity contribution in [3.63, 3.8) is 0 Å². The maximum Gasteiger partial charge on any atom is 0.337 e. The molecule has 0 radical (unpaired) electrons. The molecule has 6 heteroatoms. The summed E-state index contributed by atoms with van der Waals surface area (Å²) < 4.78 is 6.74. The van der Waals surface area contributed by atoms with E-state index in [0.717, 1.165) is 22.6 Å². The summed E-state index contributed by atoms with van der Waals surface area (Å²) in [5.41, 5.74) is 7.43. The summed E-state index contributed by atoms with van der Waals surface area (Å²) in [7, 11) is 1.37. The monoisotopic (exact) mass is 343 g/mol. The van der Waals surface area contributed by atoms with E-state index in [2.05, 4.69) is 11.1 Å². The number of aliphatic imine (C=N–C) groups is 1. The fraction of sp³-hybridized carbons (Fsp3) is 0.222. The molecular formula is C18H18ClN3O2. The van der Waals surface area contributed by atoms with Crippen LogP contribution >= 0.6 is 11.6 Å². The number of hydrogen-bond acceptors (Lipinski definition) is 4. The highest BCUT2D eigenvalue weighted by Crippen LogP contribution is 2.09. The van der Waals surface area contributed by atoms with Gasteiger partial charge in [0.15, 0.2) is 5.16 Å². The summed E-state index contributed by atoms with van der Waals surface area (Å²) >= 11 is 6.36. The molecule has 0 atom stereocenters. The third-order valence-electron chi connectivity index (χ3n) is 3.92. The van der Waals surface area contributed by atoms with Gasteiger partial charge in [0.1, 0.15) is 5.84 Å². The summed E-state index contributed by atoms with van der Waals surface area (Å²) in [6.45, 7) is 0.621. The minimum atomic E-state index is -0.344. The maximum absolute atomic E-state index is 11.5. The number of halogens is 1. The molecular weight excluding hydrogens is 326 g/mol. The third-order valence-corrected chi connectivity index (χ3v) is 4.19. The smallest absolute Gasteiger partial charge is 0.337 e. The fourth-order valence-electron chi connectivity index (χ4n) is 2.69. The number of aromatic nitrogens is 1. The van der Waals surface area contributed by atoms with E-state index in [1.165, 1.54) is 7.11 Å². The first-order valence-corrected chi connectivity index (χ1v) is 8.01. The molecule has 0 amide bonds. The van der Waals surface area contributed by atoms with Crippen molar-refractivity contribution >= 4 is 34.6 Å². The SMILES string of the molecule is COC(=O)c1ccc(Cn2ccc3/c2=C(Cl)\N=C(/N)CC\C=3)cc1. The van der Waals surface area contributed by atoms with E-state index < -0.39 is 0 Å². The zero-order valence-electron chi connectivity index (χ0n) is 13.3. The summed E-state index contributed by atoms with van der Waals surface area (Å²) in [4.78, 5) is 15.8. The largest absolute Gasteiger partial charge is 0.465 e. The van der Waals surface area contributed by atoms with Crippen LogP contribution in [0.15, 0.2) is 41.5 Å². The standard InChI is InChI=1S/C18H18ClN3O2/c1-24-18(23)14-7-5-12(6-8-14)11-22-10-9-13-3-2-4-15(20)21-17(19)16(13)22/h3,5-10H,2,4,11H2,1H3,(H2,20,21)/b13-3-,17-16+. The van der Waals surface area contributed by atoms with Gasteiger partial charge in [-0.1, -0.05) is 29.8 Å². The lowest BCUT2D eigenvalue weighted by Gasteiger charge is -2.07. The van der Waals surface area contributed by atoms with E-state index in [9.17, 15) is 4.79 Å². The summed E-state index contributed by atoms with van der Waals surface area (Å²) in [5.74, 6) is 0.195. The Morgan fingerprint density at radius 1 is 1.33 bits per heavy atom. The number of benzene rings is 1. The molecule has 2 N–H and O–H groups in total. The van der Waals surface area contributed by atoms with Crippen molar-refractivity contribution in [2.75, 3.05) is 7.11 Å². The maximum atomic E-state index is 11.5. The number of esters is 1. The Kier molecular flexibility index (Phi) is 4.71. The molecule has 124 valence electrons. The molecule has 1 aliphatic heterocycles. The molecule has 3 rings (SSSR count). The Morgan fingerprint density at radius 3 is 2.79 bits per heavy atom. The number of methoxy groups -OCH3 is 1. The van der Waals surface area contributed by atoms with Crippen LogP contribution in [0.25, 0.3) is 11.2 Å².